The monoisotopic (exact) mass is 314 g/mol. The number of rotatable bonds is 2. The zero-order valence-corrected chi connectivity index (χ0v) is 13.7. The first-order valence-corrected chi connectivity index (χ1v) is 8.41. The van der Waals surface area contributed by atoms with Crippen molar-refractivity contribution in [3.8, 4) is 0 Å². The maximum atomic E-state index is 12.9. The summed E-state index contributed by atoms with van der Waals surface area (Å²) in [7, 11) is 0. The molecule has 2 saturated carbocycles. The number of carbonyl (C=O) groups is 3. The summed E-state index contributed by atoms with van der Waals surface area (Å²) in [6.07, 6.45) is 3.90. The Hall–Kier alpha value is -1.71. The van der Waals surface area contributed by atoms with E-state index in [0.29, 0.717) is 12.0 Å². The molecule has 122 valence electrons. The molecule has 0 spiro atoms. The summed E-state index contributed by atoms with van der Waals surface area (Å²) in [5.41, 5.74) is 0.317. The standard InChI is InChI=1S/C19H22O4/c1-5-12-8(2)16(21)11-7-6-10-13-15(11)19(12,4)14(9(3)20)17(13)23-18(10)22/h5-6,8,11-15,17H,1,7H2,2-4H3/t8-,11-,12-,13-,14+,15+,17-,19-/m0/s1. The summed E-state index contributed by atoms with van der Waals surface area (Å²) in [5.74, 6) is -0.790. The summed E-state index contributed by atoms with van der Waals surface area (Å²) in [4.78, 5) is 37.6. The van der Waals surface area contributed by atoms with E-state index < -0.39 is 6.10 Å². The molecule has 0 unspecified atom stereocenters. The highest BCUT2D eigenvalue weighted by atomic mass is 16.6. The molecule has 4 rings (SSSR count). The third kappa shape index (κ3) is 1.50. The van der Waals surface area contributed by atoms with Crippen molar-refractivity contribution < 1.29 is 19.1 Å². The van der Waals surface area contributed by atoms with E-state index >= 15 is 0 Å². The highest BCUT2D eigenvalue weighted by Crippen LogP contribution is 2.68. The van der Waals surface area contributed by atoms with E-state index in [1.54, 1.807) is 6.92 Å². The molecule has 0 radical (unpaired) electrons. The second-order valence-electron chi connectivity index (χ2n) is 7.83. The number of esters is 1. The highest BCUT2D eigenvalue weighted by Gasteiger charge is 2.72. The molecule has 0 aromatic heterocycles. The van der Waals surface area contributed by atoms with Crippen LogP contribution >= 0.6 is 0 Å². The SMILES string of the molecule is C=C[C@H]1[C@H](C)C(=O)[C@H]2CC=C3C(=O)O[C@H]4[C@@H]3[C@@H]2[C@]1(C)[C@@H]4C(C)=O. The Morgan fingerprint density at radius 2 is 2.13 bits per heavy atom. The van der Waals surface area contributed by atoms with Crippen molar-refractivity contribution in [3.05, 3.63) is 24.3 Å². The summed E-state index contributed by atoms with van der Waals surface area (Å²) in [6.45, 7) is 9.60. The molecule has 0 bridgehead atoms. The van der Waals surface area contributed by atoms with Gasteiger partial charge >= 0.3 is 5.97 Å². The number of Topliss-reactive ketones (excluding diaryl/α,β-unsaturated/α-hetero) is 2. The Morgan fingerprint density at radius 1 is 1.43 bits per heavy atom. The lowest BCUT2D eigenvalue weighted by atomic mass is 9.49. The van der Waals surface area contributed by atoms with Crippen LogP contribution in [0.5, 0.6) is 0 Å². The highest BCUT2D eigenvalue weighted by molar-refractivity contribution is 5.96. The van der Waals surface area contributed by atoms with Gasteiger partial charge in [-0.25, -0.2) is 4.79 Å². The minimum absolute atomic E-state index is 0.000417. The molecule has 8 atom stereocenters. The summed E-state index contributed by atoms with van der Waals surface area (Å²) >= 11 is 0. The minimum Gasteiger partial charge on any atom is -0.458 e. The Balaban J connectivity index is 1.97. The fourth-order valence-electron chi connectivity index (χ4n) is 6.41. The fourth-order valence-corrected chi connectivity index (χ4v) is 6.41. The lowest BCUT2D eigenvalue weighted by Crippen LogP contribution is -2.55. The van der Waals surface area contributed by atoms with Crippen molar-refractivity contribution in [2.45, 2.75) is 33.3 Å². The molecule has 3 fully saturated rings. The number of hydrogen-bond acceptors (Lipinski definition) is 4. The number of hydrogen-bond donors (Lipinski definition) is 0. The molecule has 3 aliphatic carbocycles. The molecule has 0 aromatic rings. The van der Waals surface area contributed by atoms with Crippen LogP contribution in [-0.4, -0.2) is 23.6 Å². The van der Waals surface area contributed by atoms with Crippen LogP contribution < -0.4 is 0 Å². The van der Waals surface area contributed by atoms with Crippen LogP contribution in [0.25, 0.3) is 0 Å². The van der Waals surface area contributed by atoms with Crippen molar-refractivity contribution >= 4 is 17.5 Å². The Labute approximate surface area is 136 Å². The van der Waals surface area contributed by atoms with E-state index in [9.17, 15) is 14.4 Å². The lowest BCUT2D eigenvalue weighted by Gasteiger charge is -2.52. The predicted molar refractivity (Wildman–Crippen MR) is 83.2 cm³/mol. The minimum atomic E-state index is -0.412. The van der Waals surface area contributed by atoms with Crippen LogP contribution in [0.4, 0.5) is 0 Å². The van der Waals surface area contributed by atoms with Gasteiger partial charge in [-0.2, -0.15) is 0 Å². The fraction of sp³-hybridized carbons (Fsp3) is 0.632. The Morgan fingerprint density at radius 3 is 2.74 bits per heavy atom. The van der Waals surface area contributed by atoms with Gasteiger partial charge in [0.15, 0.2) is 0 Å². The van der Waals surface area contributed by atoms with Gasteiger partial charge in [0.25, 0.3) is 0 Å². The lowest BCUT2D eigenvalue weighted by molar-refractivity contribution is -0.153. The third-order valence-electron chi connectivity index (χ3n) is 7.08. The smallest absolute Gasteiger partial charge is 0.334 e. The molecule has 0 N–H and O–H groups in total. The number of ketones is 2. The number of ether oxygens (including phenoxy) is 1. The molecular formula is C19H22O4. The molecule has 0 amide bonds. The number of carbonyl (C=O) groups excluding carboxylic acids is 3. The van der Waals surface area contributed by atoms with Gasteiger partial charge < -0.3 is 4.74 Å². The van der Waals surface area contributed by atoms with Crippen molar-refractivity contribution in [1.29, 1.82) is 0 Å². The van der Waals surface area contributed by atoms with Crippen molar-refractivity contribution in [2.75, 3.05) is 0 Å². The van der Waals surface area contributed by atoms with Crippen LogP contribution in [0.1, 0.15) is 27.2 Å². The second-order valence-corrected chi connectivity index (χ2v) is 7.83. The van der Waals surface area contributed by atoms with Gasteiger partial charge in [0.05, 0.1) is 5.92 Å². The first-order valence-electron chi connectivity index (χ1n) is 8.41. The maximum absolute atomic E-state index is 12.9. The Bertz CT molecular complexity index is 675. The van der Waals surface area contributed by atoms with Gasteiger partial charge in [0.2, 0.25) is 0 Å². The summed E-state index contributed by atoms with van der Waals surface area (Å²) in [6, 6.07) is 0. The summed E-state index contributed by atoms with van der Waals surface area (Å²) in [5, 5.41) is 0. The zero-order chi connectivity index (χ0) is 16.7. The van der Waals surface area contributed by atoms with Crippen LogP contribution in [0.2, 0.25) is 0 Å². The quantitative estimate of drug-likeness (QED) is 0.580. The van der Waals surface area contributed by atoms with Gasteiger partial charge in [0.1, 0.15) is 17.7 Å². The maximum Gasteiger partial charge on any atom is 0.334 e. The average molecular weight is 314 g/mol. The van der Waals surface area contributed by atoms with Gasteiger partial charge in [-0.1, -0.05) is 26.0 Å². The molecule has 23 heavy (non-hydrogen) atoms. The third-order valence-corrected chi connectivity index (χ3v) is 7.08. The molecule has 1 aliphatic heterocycles. The van der Waals surface area contributed by atoms with Gasteiger partial charge in [-0.15, -0.1) is 6.58 Å². The molecule has 1 heterocycles. The predicted octanol–water partition coefficient (Wildman–Crippen LogP) is 2.34. The van der Waals surface area contributed by atoms with Crippen LogP contribution in [-0.2, 0) is 19.1 Å². The first-order chi connectivity index (χ1) is 10.8. The molecule has 4 aliphatic rings. The van der Waals surface area contributed by atoms with E-state index in [0.717, 1.165) is 0 Å². The van der Waals surface area contributed by atoms with Crippen LogP contribution in [0.15, 0.2) is 24.3 Å². The van der Waals surface area contributed by atoms with Gasteiger partial charge in [-0.3, -0.25) is 9.59 Å². The zero-order valence-electron chi connectivity index (χ0n) is 13.7. The van der Waals surface area contributed by atoms with Crippen molar-refractivity contribution in [1.82, 2.24) is 0 Å². The van der Waals surface area contributed by atoms with Crippen LogP contribution in [0.3, 0.4) is 0 Å². The average Bonchev–Trinajstić information content (AvgIpc) is 2.94. The van der Waals surface area contributed by atoms with Gasteiger partial charge in [-0.05, 0) is 30.6 Å². The number of allylic oxidation sites excluding steroid dienone is 2. The molecule has 1 saturated heterocycles. The van der Waals surface area contributed by atoms with E-state index in [-0.39, 0.29) is 58.5 Å². The van der Waals surface area contributed by atoms with E-state index in [1.165, 1.54) is 0 Å². The summed E-state index contributed by atoms with van der Waals surface area (Å²) < 4.78 is 5.64. The van der Waals surface area contributed by atoms with E-state index in [2.05, 4.69) is 13.5 Å². The largest absolute Gasteiger partial charge is 0.458 e. The Kier molecular flexibility index (Phi) is 2.86. The normalized spacial score (nSPS) is 50.2. The van der Waals surface area contributed by atoms with Crippen LogP contribution in [0, 0.1) is 40.9 Å². The molecule has 4 nitrogen and oxygen atoms in total. The van der Waals surface area contributed by atoms with Crippen molar-refractivity contribution in [2.24, 2.45) is 40.9 Å². The molecule has 4 heteroatoms. The first kappa shape index (κ1) is 14.9. The van der Waals surface area contributed by atoms with Crippen molar-refractivity contribution in [3.63, 3.8) is 0 Å². The topological polar surface area (TPSA) is 60.4 Å². The van der Waals surface area contributed by atoms with E-state index in [1.807, 2.05) is 19.1 Å². The van der Waals surface area contributed by atoms with Gasteiger partial charge in [0, 0.05) is 23.3 Å². The second kappa shape index (κ2) is 4.43. The molecule has 0 aromatic carbocycles. The van der Waals surface area contributed by atoms with E-state index in [4.69, 9.17) is 4.74 Å². The molecular weight excluding hydrogens is 292 g/mol.